The maximum absolute atomic E-state index is 11.2. The standard InChI is InChI=1S/C24H36O5/c25-20-21-18(26-23(28-21)10-14-5-1-2-6-15(14)11-23)9-19-22(20)29-24(27-19)12-16-7-3-4-8-17(16)13-24/h14-22,25H,1-13H2/t14?,15?,16?,17?,18-,19?,20-,21-,22-,23?,24?/m1/s1. The summed E-state index contributed by atoms with van der Waals surface area (Å²) in [6, 6.07) is 0. The fourth-order valence-electron chi connectivity index (χ4n) is 8.54. The SMILES string of the molecule is O[C@@H]1[C@@H]2OC3(CC4CCCCC4C3)O[C@@H]2CC2OC3(CC4CCCCC4C3)O[C@H]21. The number of hydrogen-bond donors (Lipinski definition) is 1. The first kappa shape index (κ1) is 18.4. The molecule has 7 aliphatic rings. The Morgan fingerprint density at radius 1 is 0.552 bits per heavy atom. The van der Waals surface area contributed by atoms with Crippen molar-refractivity contribution >= 4 is 0 Å². The summed E-state index contributed by atoms with van der Waals surface area (Å²) in [4.78, 5) is 0. The summed E-state index contributed by atoms with van der Waals surface area (Å²) in [6.45, 7) is 0. The van der Waals surface area contributed by atoms with Crippen molar-refractivity contribution in [2.75, 3.05) is 0 Å². The van der Waals surface area contributed by atoms with E-state index in [1.807, 2.05) is 0 Å². The van der Waals surface area contributed by atoms with E-state index in [1.54, 1.807) is 0 Å². The van der Waals surface area contributed by atoms with Gasteiger partial charge in [-0.2, -0.15) is 0 Å². The molecule has 0 aromatic carbocycles. The molecule has 2 aliphatic heterocycles. The molecule has 9 atom stereocenters. The molecule has 2 spiro atoms. The minimum absolute atomic E-state index is 0.0474. The molecular formula is C24H36O5. The molecule has 0 amide bonds. The molecule has 0 radical (unpaired) electrons. The summed E-state index contributed by atoms with van der Waals surface area (Å²) >= 11 is 0. The van der Waals surface area contributed by atoms with Crippen molar-refractivity contribution < 1.29 is 24.1 Å². The summed E-state index contributed by atoms with van der Waals surface area (Å²) in [5, 5.41) is 11.2. The molecule has 0 aromatic heterocycles. The topological polar surface area (TPSA) is 57.2 Å². The molecular weight excluding hydrogens is 368 g/mol. The fraction of sp³-hybridized carbons (Fsp3) is 1.00. The van der Waals surface area contributed by atoms with Crippen molar-refractivity contribution in [2.24, 2.45) is 23.7 Å². The quantitative estimate of drug-likeness (QED) is 0.663. The van der Waals surface area contributed by atoms with Gasteiger partial charge < -0.3 is 24.1 Å². The molecule has 29 heavy (non-hydrogen) atoms. The van der Waals surface area contributed by atoms with Crippen molar-refractivity contribution in [2.45, 2.75) is 126 Å². The van der Waals surface area contributed by atoms with Gasteiger partial charge in [-0.15, -0.1) is 0 Å². The van der Waals surface area contributed by atoms with E-state index in [4.69, 9.17) is 18.9 Å². The van der Waals surface area contributed by atoms with Crippen molar-refractivity contribution in [1.29, 1.82) is 0 Å². The fourth-order valence-corrected chi connectivity index (χ4v) is 8.54. The third-order valence-electron chi connectivity index (χ3n) is 9.73. The molecule has 0 aromatic rings. The van der Waals surface area contributed by atoms with E-state index < -0.39 is 17.7 Å². The predicted octanol–water partition coefficient (Wildman–Crippen LogP) is 3.91. The van der Waals surface area contributed by atoms with Gasteiger partial charge in [-0.05, 0) is 49.4 Å². The lowest BCUT2D eigenvalue weighted by Gasteiger charge is -2.34. The van der Waals surface area contributed by atoms with E-state index in [0.717, 1.165) is 55.8 Å². The Morgan fingerprint density at radius 3 is 1.31 bits per heavy atom. The van der Waals surface area contributed by atoms with Gasteiger partial charge in [0.2, 0.25) is 0 Å². The number of ether oxygens (including phenoxy) is 4. The van der Waals surface area contributed by atoms with Crippen LogP contribution in [0.1, 0.15) is 83.5 Å². The predicted molar refractivity (Wildman–Crippen MR) is 105 cm³/mol. The lowest BCUT2D eigenvalue weighted by molar-refractivity contribution is -0.201. The maximum Gasteiger partial charge on any atom is 0.169 e. The maximum atomic E-state index is 11.2. The number of aliphatic hydroxyl groups is 1. The first-order valence-electron chi connectivity index (χ1n) is 12.5. The highest BCUT2D eigenvalue weighted by atomic mass is 16.8. The molecule has 0 bridgehead atoms. The third kappa shape index (κ3) is 2.77. The first-order valence-corrected chi connectivity index (χ1v) is 12.5. The highest BCUT2D eigenvalue weighted by Crippen LogP contribution is 2.58. The van der Waals surface area contributed by atoms with E-state index in [-0.39, 0.29) is 24.4 Å². The van der Waals surface area contributed by atoms with E-state index in [2.05, 4.69) is 0 Å². The molecule has 5 saturated carbocycles. The zero-order valence-corrected chi connectivity index (χ0v) is 17.5. The molecule has 7 rings (SSSR count). The molecule has 5 aliphatic carbocycles. The van der Waals surface area contributed by atoms with Crippen molar-refractivity contribution in [1.82, 2.24) is 0 Å². The Hall–Kier alpha value is -0.200. The van der Waals surface area contributed by atoms with Crippen LogP contribution in [0.25, 0.3) is 0 Å². The Balaban J connectivity index is 1.08. The zero-order chi connectivity index (χ0) is 19.2. The third-order valence-corrected chi connectivity index (χ3v) is 9.73. The monoisotopic (exact) mass is 404 g/mol. The summed E-state index contributed by atoms with van der Waals surface area (Å²) in [6.07, 6.45) is 14.3. The number of rotatable bonds is 0. The second-order valence-corrected chi connectivity index (χ2v) is 11.5. The molecule has 5 heteroatoms. The van der Waals surface area contributed by atoms with Gasteiger partial charge in [-0.25, -0.2) is 0 Å². The molecule has 7 fully saturated rings. The molecule has 5 unspecified atom stereocenters. The first-order chi connectivity index (χ1) is 14.1. The van der Waals surface area contributed by atoms with Crippen LogP contribution in [0, 0.1) is 23.7 Å². The largest absolute Gasteiger partial charge is 0.387 e. The zero-order valence-electron chi connectivity index (χ0n) is 17.5. The minimum Gasteiger partial charge on any atom is -0.387 e. The van der Waals surface area contributed by atoms with Crippen molar-refractivity contribution in [3.63, 3.8) is 0 Å². The highest BCUT2D eigenvalue weighted by molar-refractivity contribution is 5.08. The van der Waals surface area contributed by atoms with Crippen LogP contribution in [0.15, 0.2) is 0 Å². The van der Waals surface area contributed by atoms with Gasteiger partial charge in [0.15, 0.2) is 11.6 Å². The van der Waals surface area contributed by atoms with Crippen molar-refractivity contribution in [3.8, 4) is 0 Å². The van der Waals surface area contributed by atoms with Crippen molar-refractivity contribution in [3.05, 3.63) is 0 Å². The molecule has 2 saturated heterocycles. The van der Waals surface area contributed by atoms with Crippen LogP contribution in [0.2, 0.25) is 0 Å². The van der Waals surface area contributed by atoms with Crippen LogP contribution in [-0.2, 0) is 18.9 Å². The molecule has 5 nitrogen and oxygen atoms in total. The average Bonchev–Trinajstić information content (AvgIpc) is 3.44. The number of hydrogen-bond acceptors (Lipinski definition) is 5. The lowest BCUT2D eigenvalue weighted by atomic mass is 9.82. The van der Waals surface area contributed by atoms with Gasteiger partial charge in [0.05, 0.1) is 12.2 Å². The average molecular weight is 405 g/mol. The second-order valence-electron chi connectivity index (χ2n) is 11.5. The Kier molecular flexibility index (Phi) is 4.06. The Bertz CT molecular complexity index is 584. The Morgan fingerprint density at radius 2 is 0.931 bits per heavy atom. The van der Waals surface area contributed by atoms with E-state index in [1.165, 1.54) is 51.4 Å². The van der Waals surface area contributed by atoms with Gasteiger partial charge in [-0.3, -0.25) is 0 Å². The smallest absolute Gasteiger partial charge is 0.169 e. The normalized spacial score (nSPS) is 60.9. The summed E-state index contributed by atoms with van der Waals surface area (Å²) < 4.78 is 26.4. The van der Waals surface area contributed by atoms with Crippen LogP contribution in [0.4, 0.5) is 0 Å². The van der Waals surface area contributed by atoms with Gasteiger partial charge in [0, 0.05) is 32.1 Å². The highest BCUT2D eigenvalue weighted by Gasteiger charge is 2.65. The molecule has 1 N–H and O–H groups in total. The summed E-state index contributed by atoms with van der Waals surface area (Å²) in [5.74, 6) is 2.09. The molecule has 2 heterocycles. The van der Waals surface area contributed by atoms with Crippen LogP contribution < -0.4 is 0 Å². The second kappa shape index (κ2) is 6.41. The summed E-state index contributed by atoms with van der Waals surface area (Å²) in [5.41, 5.74) is 0. The van der Waals surface area contributed by atoms with Gasteiger partial charge in [-0.1, -0.05) is 25.7 Å². The van der Waals surface area contributed by atoms with Gasteiger partial charge >= 0.3 is 0 Å². The summed E-state index contributed by atoms with van der Waals surface area (Å²) in [7, 11) is 0. The Labute approximate surface area is 173 Å². The van der Waals surface area contributed by atoms with Crippen LogP contribution in [-0.4, -0.2) is 47.2 Å². The van der Waals surface area contributed by atoms with E-state index >= 15 is 0 Å². The van der Waals surface area contributed by atoms with Crippen LogP contribution >= 0.6 is 0 Å². The number of aliphatic hydroxyl groups excluding tert-OH is 1. The molecule has 162 valence electrons. The van der Waals surface area contributed by atoms with Crippen LogP contribution in [0.3, 0.4) is 0 Å². The minimum atomic E-state index is -0.636. The lowest BCUT2D eigenvalue weighted by Crippen LogP contribution is -2.53. The van der Waals surface area contributed by atoms with Crippen LogP contribution in [0.5, 0.6) is 0 Å². The van der Waals surface area contributed by atoms with Gasteiger partial charge in [0.1, 0.15) is 18.3 Å². The van der Waals surface area contributed by atoms with E-state index in [9.17, 15) is 5.11 Å². The number of fused-ring (bicyclic) bond motifs is 4. The van der Waals surface area contributed by atoms with Gasteiger partial charge in [0.25, 0.3) is 0 Å². The van der Waals surface area contributed by atoms with E-state index in [0.29, 0.717) is 0 Å².